The van der Waals surface area contributed by atoms with Crippen LogP contribution in [0.1, 0.15) is 17.7 Å². The zero-order valence-corrected chi connectivity index (χ0v) is 20.2. The number of ether oxygens (including phenoxy) is 1. The van der Waals surface area contributed by atoms with Crippen molar-refractivity contribution >= 4 is 23.9 Å². The standard InChI is InChI=1S/C24H26F2N8O2/c1-33(2)19(35)13-28-11-10-18(27)30-24-29-12-15-6-9-17-20(21(15)31-24)22(34(3)32-17)14-4-7-16(8-5-14)36-23(25)26/h4-5,7-8,11-12,23H,6,9-10,13H2,1-3H3,(H2,27,29,30,31). The Kier molecular flexibility index (Phi) is 7.32. The van der Waals surface area contributed by atoms with Gasteiger partial charge < -0.3 is 15.4 Å². The van der Waals surface area contributed by atoms with Crippen molar-refractivity contribution in [3.05, 3.63) is 41.7 Å². The Morgan fingerprint density at radius 1 is 1.28 bits per heavy atom. The maximum atomic E-state index is 12.5. The van der Waals surface area contributed by atoms with E-state index >= 15 is 0 Å². The number of benzene rings is 1. The van der Waals surface area contributed by atoms with Crippen LogP contribution in [0, 0.1) is 0 Å². The molecule has 2 heterocycles. The third kappa shape index (κ3) is 5.53. The minimum atomic E-state index is -2.89. The Hall–Kier alpha value is -4.22. The number of alkyl halides is 2. The number of carbonyl (C=O) groups is 1. The number of halogens is 2. The lowest BCUT2D eigenvalue weighted by atomic mass is 9.91. The van der Waals surface area contributed by atoms with Crippen LogP contribution in [0.3, 0.4) is 0 Å². The zero-order chi connectivity index (χ0) is 25.8. The van der Waals surface area contributed by atoms with E-state index in [9.17, 15) is 13.6 Å². The molecule has 3 aromatic rings. The van der Waals surface area contributed by atoms with Crippen molar-refractivity contribution in [2.45, 2.75) is 25.9 Å². The van der Waals surface area contributed by atoms with Crippen LogP contribution in [0.15, 0.2) is 40.4 Å². The first-order valence-corrected chi connectivity index (χ1v) is 11.2. The Morgan fingerprint density at radius 3 is 2.72 bits per heavy atom. The van der Waals surface area contributed by atoms with Crippen LogP contribution >= 0.6 is 0 Å². The van der Waals surface area contributed by atoms with E-state index in [2.05, 4.69) is 29.8 Å². The molecule has 0 bridgehead atoms. The number of nitrogens with zero attached hydrogens (tertiary/aromatic N) is 7. The van der Waals surface area contributed by atoms with Crippen molar-refractivity contribution < 1.29 is 18.3 Å². The van der Waals surface area contributed by atoms with E-state index in [0.717, 1.165) is 40.9 Å². The van der Waals surface area contributed by atoms with E-state index in [-0.39, 0.29) is 36.4 Å². The van der Waals surface area contributed by atoms with E-state index in [0.29, 0.717) is 5.69 Å². The molecule has 0 atom stereocenters. The van der Waals surface area contributed by atoms with Crippen molar-refractivity contribution in [2.75, 3.05) is 20.6 Å². The molecule has 1 aromatic carbocycles. The number of amides is 1. The number of aromatic nitrogens is 4. The van der Waals surface area contributed by atoms with Crippen molar-refractivity contribution in [1.29, 1.82) is 0 Å². The highest BCUT2D eigenvalue weighted by molar-refractivity contribution is 5.94. The quantitative estimate of drug-likeness (QED) is 0.378. The predicted octanol–water partition coefficient (Wildman–Crippen LogP) is 2.78. The Bertz CT molecular complexity index is 1320. The van der Waals surface area contributed by atoms with Crippen LogP contribution in [-0.4, -0.2) is 69.9 Å². The van der Waals surface area contributed by atoms with Gasteiger partial charge in [0, 0.05) is 51.1 Å². The second kappa shape index (κ2) is 10.6. The normalized spacial score (nSPS) is 13.1. The summed E-state index contributed by atoms with van der Waals surface area (Å²) in [5, 5.41) is 4.66. The van der Waals surface area contributed by atoms with Crippen LogP contribution in [0.4, 0.5) is 14.7 Å². The Labute approximate surface area is 206 Å². The molecule has 188 valence electrons. The van der Waals surface area contributed by atoms with E-state index < -0.39 is 6.61 Å². The summed E-state index contributed by atoms with van der Waals surface area (Å²) >= 11 is 0. The lowest BCUT2D eigenvalue weighted by molar-refractivity contribution is -0.127. The third-order valence-corrected chi connectivity index (χ3v) is 5.59. The molecular formula is C24H26F2N8O2. The number of rotatable bonds is 8. The van der Waals surface area contributed by atoms with Gasteiger partial charge in [0.2, 0.25) is 5.91 Å². The van der Waals surface area contributed by atoms with E-state index in [1.54, 1.807) is 37.1 Å². The van der Waals surface area contributed by atoms with Crippen molar-refractivity contribution in [1.82, 2.24) is 24.6 Å². The molecule has 10 nitrogen and oxygen atoms in total. The van der Waals surface area contributed by atoms with Crippen molar-refractivity contribution in [3.8, 4) is 28.3 Å². The van der Waals surface area contributed by atoms with Crippen LogP contribution in [0.2, 0.25) is 0 Å². The predicted molar refractivity (Wildman–Crippen MR) is 132 cm³/mol. The highest BCUT2D eigenvalue weighted by atomic mass is 19.3. The summed E-state index contributed by atoms with van der Waals surface area (Å²) in [4.78, 5) is 30.4. The molecule has 12 heteroatoms. The molecule has 0 unspecified atom stereocenters. The molecule has 1 amide bonds. The van der Waals surface area contributed by atoms with E-state index in [1.165, 1.54) is 23.2 Å². The van der Waals surface area contributed by atoms with Gasteiger partial charge in [-0.3, -0.25) is 14.5 Å². The molecule has 0 saturated heterocycles. The Morgan fingerprint density at radius 2 is 2.03 bits per heavy atom. The second-order valence-electron chi connectivity index (χ2n) is 8.36. The molecule has 0 saturated carbocycles. The van der Waals surface area contributed by atoms with Gasteiger partial charge in [-0.05, 0) is 42.7 Å². The number of hydrogen-bond donors (Lipinski definition) is 1. The lowest BCUT2D eigenvalue weighted by Gasteiger charge is -2.16. The zero-order valence-electron chi connectivity index (χ0n) is 20.2. The summed E-state index contributed by atoms with van der Waals surface area (Å²) in [7, 11) is 5.16. The number of fused-ring (bicyclic) bond motifs is 3. The maximum absolute atomic E-state index is 12.5. The number of nitrogens with two attached hydrogens (primary N) is 1. The minimum Gasteiger partial charge on any atom is -0.435 e. The highest BCUT2D eigenvalue weighted by Gasteiger charge is 2.27. The number of aryl methyl sites for hydroxylation is 3. The number of hydrogen-bond acceptors (Lipinski definition) is 7. The lowest BCUT2D eigenvalue weighted by Crippen LogP contribution is -2.24. The number of amidine groups is 1. The van der Waals surface area contributed by atoms with Crippen LogP contribution in [-0.2, 0) is 24.7 Å². The van der Waals surface area contributed by atoms with Crippen molar-refractivity contribution in [2.24, 2.45) is 22.8 Å². The molecule has 2 N–H and O–H groups in total. The van der Waals surface area contributed by atoms with Gasteiger partial charge >= 0.3 is 6.61 Å². The largest absolute Gasteiger partial charge is 0.435 e. The fourth-order valence-corrected chi connectivity index (χ4v) is 3.85. The first-order valence-electron chi connectivity index (χ1n) is 11.2. The molecule has 0 aliphatic heterocycles. The molecular weight excluding hydrogens is 470 g/mol. The summed E-state index contributed by atoms with van der Waals surface area (Å²) in [5.41, 5.74) is 11.0. The maximum Gasteiger partial charge on any atom is 0.387 e. The van der Waals surface area contributed by atoms with Gasteiger partial charge in [0.1, 0.15) is 18.1 Å². The van der Waals surface area contributed by atoms with Gasteiger partial charge in [0.05, 0.1) is 17.1 Å². The molecule has 4 rings (SSSR count). The molecule has 2 aromatic heterocycles. The Balaban J connectivity index is 1.61. The summed E-state index contributed by atoms with van der Waals surface area (Å²) in [5.74, 6) is 0.425. The minimum absolute atomic E-state index is 0.0391. The molecule has 0 radical (unpaired) electrons. The van der Waals surface area contributed by atoms with Gasteiger partial charge in [0.25, 0.3) is 5.95 Å². The van der Waals surface area contributed by atoms with E-state index in [1.807, 2.05) is 7.05 Å². The highest BCUT2D eigenvalue weighted by Crippen LogP contribution is 2.40. The number of aliphatic imine (C=N–C) groups is 2. The van der Waals surface area contributed by atoms with Crippen LogP contribution in [0.5, 0.6) is 5.75 Å². The average molecular weight is 497 g/mol. The topological polar surface area (TPSA) is 124 Å². The second-order valence-corrected chi connectivity index (χ2v) is 8.36. The van der Waals surface area contributed by atoms with Gasteiger partial charge in [-0.1, -0.05) is 0 Å². The number of likely N-dealkylation sites (N-methyl/N-ethyl adjacent to an activating group) is 1. The third-order valence-electron chi connectivity index (χ3n) is 5.59. The molecule has 1 aliphatic rings. The molecule has 0 fully saturated rings. The molecule has 0 spiro atoms. The average Bonchev–Trinajstić information content (AvgIpc) is 3.18. The van der Waals surface area contributed by atoms with E-state index in [4.69, 9.17) is 5.73 Å². The summed E-state index contributed by atoms with van der Waals surface area (Å²) in [6.45, 7) is -2.85. The van der Waals surface area contributed by atoms with Crippen LogP contribution < -0.4 is 10.5 Å². The summed E-state index contributed by atoms with van der Waals surface area (Å²) in [6.07, 6.45) is 4.97. The van der Waals surface area contributed by atoms with Gasteiger partial charge in [-0.15, -0.1) is 0 Å². The smallest absolute Gasteiger partial charge is 0.387 e. The monoisotopic (exact) mass is 496 g/mol. The fraction of sp³-hybridized carbons (Fsp3) is 0.333. The fourth-order valence-electron chi connectivity index (χ4n) is 3.85. The molecule has 1 aliphatic carbocycles. The SMILES string of the molecule is CN(C)C(=O)CN=CCC(N)=Nc1ncc2c(n1)-c1c(nn(C)c1-c1ccc(OC(F)F)cc1)CC2. The number of carbonyl (C=O) groups excluding carboxylic acids is 1. The summed E-state index contributed by atoms with van der Waals surface area (Å²) in [6, 6.07) is 6.41. The van der Waals surface area contributed by atoms with Gasteiger partial charge in [0.15, 0.2) is 0 Å². The molecule has 36 heavy (non-hydrogen) atoms. The van der Waals surface area contributed by atoms with Crippen LogP contribution in [0.25, 0.3) is 22.5 Å². The summed E-state index contributed by atoms with van der Waals surface area (Å²) < 4.78 is 31.3. The van der Waals surface area contributed by atoms with Gasteiger partial charge in [-0.2, -0.15) is 18.9 Å². The first kappa shape index (κ1) is 24.9. The first-order chi connectivity index (χ1) is 17.2. The van der Waals surface area contributed by atoms with Crippen molar-refractivity contribution in [3.63, 3.8) is 0 Å². The van der Waals surface area contributed by atoms with Gasteiger partial charge in [-0.25, -0.2) is 9.97 Å².